The van der Waals surface area contributed by atoms with Crippen LogP contribution in [0.3, 0.4) is 0 Å². The Bertz CT molecular complexity index is 1010. The van der Waals surface area contributed by atoms with E-state index in [0.29, 0.717) is 0 Å². The number of rotatable bonds is 20. The monoisotopic (exact) mass is 618 g/mol. The first-order valence-electron chi connectivity index (χ1n) is 12.6. The van der Waals surface area contributed by atoms with Crippen LogP contribution >= 0.6 is 0 Å². The van der Waals surface area contributed by atoms with Gasteiger partial charge < -0.3 is 48.8 Å². The Morgan fingerprint density at radius 2 is 0.791 bits per heavy atom. The zero-order valence-corrected chi connectivity index (χ0v) is 24.2. The second-order valence-electron chi connectivity index (χ2n) is 9.45. The van der Waals surface area contributed by atoms with Gasteiger partial charge >= 0.3 is 35.8 Å². The Hall–Kier alpha value is -4.12. The van der Waals surface area contributed by atoms with Crippen molar-refractivity contribution in [2.75, 3.05) is 39.6 Å². The Labute approximate surface area is 247 Å². The molecule has 0 saturated heterocycles. The van der Waals surface area contributed by atoms with Crippen LogP contribution in [-0.2, 0) is 57.2 Å². The topological polar surface area (TPSA) is 239 Å². The molecule has 43 heavy (non-hydrogen) atoms. The highest BCUT2D eigenvalue weighted by atomic mass is 16.6. The van der Waals surface area contributed by atoms with E-state index in [1.165, 1.54) is 20.8 Å². The number of aliphatic hydroxyl groups is 4. The largest absolute Gasteiger partial charge is 0.463 e. The lowest BCUT2D eigenvalue weighted by Crippen LogP contribution is -2.46. The molecule has 0 spiro atoms. The van der Waals surface area contributed by atoms with Crippen LogP contribution < -0.4 is 0 Å². The van der Waals surface area contributed by atoms with E-state index in [4.69, 9.17) is 28.4 Å². The smallest absolute Gasteiger partial charge is 0.339 e. The molecule has 3 unspecified atom stereocenters. The highest BCUT2D eigenvalue weighted by Gasteiger charge is 2.44. The first-order valence-corrected chi connectivity index (χ1v) is 12.6. The van der Waals surface area contributed by atoms with Gasteiger partial charge in [0.15, 0.2) is 5.60 Å². The van der Waals surface area contributed by atoms with Crippen molar-refractivity contribution in [1.29, 1.82) is 0 Å². The minimum Gasteiger partial charge on any atom is -0.463 e. The van der Waals surface area contributed by atoms with E-state index in [1.807, 2.05) is 0 Å². The quantitative estimate of drug-likeness (QED) is 0.0694. The van der Waals surface area contributed by atoms with Gasteiger partial charge in [-0.05, 0) is 20.8 Å². The van der Waals surface area contributed by atoms with E-state index < -0.39 is 112 Å². The van der Waals surface area contributed by atoms with Crippen LogP contribution in [-0.4, -0.2) is 120 Å². The van der Waals surface area contributed by atoms with E-state index >= 15 is 0 Å². The minimum absolute atomic E-state index is 0.0359. The van der Waals surface area contributed by atoms with Gasteiger partial charge in [0, 0.05) is 16.7 Å². The summed E-state index contributed by atoms with van der Waals surface area (Å²) in [7, 11) is 0. The molecule has 3 atom stereocenters. The average Bonchev–Trinajstić information content (AvgIpc) is 2.93. The lowest BCUT2D eigenvalue weighted by Gasteiger charge is -2.25. The van der Waals surface area contributed by atoms with Gasteiger partial charge in [-0.25, -0.2) is 19.2 Å². The SMILES string of the molecule is C=C(C)C(=O)OCC(O)COC(=O)CC(O)(CC(=O)OCC(O)COC(=O)C(=C)C)C(=O)OCC(O)COC(=O)C(=C)C. The lowest BCUT2D eigenvalue weighted by molar-refractivity contribution is -0.182. The molecule has 0 saturated carbocycles. The molecule has 0 aromatic heterocycles. The maximum absolute atomic E-state index is 12.7. The maximum Gasteiger partial charge on any atom is 0.339 e. The van der Waals surface area contributed by atoms with Crippen molar-refractivity contribution in [3.05, 3.63) is 36.5 Å². The number of aliphatic hydroxyl groups excluding tert-OH is 3. The third-order valence-corrected chi connectivity index (χ3v) is 4.80. The van der Waals surface area contributed by atoms with Crippen molar-refractivity contribution in [2.45, 2.75) is 57.5 Å². The van der Waals surface area contributed by atoms with Crippen molar-refractivity contribution in [3.63, 3.8) is 0 Å². The summed E-state index contributed by atoms with van der Waals surface area (Å²) < 4.78 is 28.5. The number of carbonyl (C=O) groups excluding carboxylic acids is 6. The zero-order chi connectivity index (χ0) is 33.3. The van der Waals surface area contributed by atoms with Gasteiger partial charge in [0.25, 0.3) is 0 Å². The highest BCUT2D eigenvalue weighted by molar-refractivity contribution is 5.90. The number of carbonyl (C=O) groups is 6. The van der Waals surface area contributed by atoms with E-state index in [-0.39, 0.29) is 16.7 Å². The van der Waals surface area contributed by atoms with Crippen LogP contribution in [0.2, 0.25) is 0 Å². The summed E-state index contributed by atoms with van der Waals surface area (Å²) in [5, 5.41) is 40.5. The molecule has 0 bridgehead atoms. The second kappa shape index (κ2) is 19.1. The van der Waals surface area contributed by atoms with E-state index in [0.717, 1.165) is 0 Å². The van der Waals surface area contributed by atoms with Crippen LogP contribution in [0.15, 0.2) is 36.5 Å². The van der Waals surface area contributed by atoms with E-state index in [2.05, 4.69) is 19.7 Å². The second-order valence-corrected chi connectivity index (χ2v) is 9.45. The van der Waals surface area contributed by atoms with Gasteiger partial charge in [0.1, 0.15) is 58.0 Å². The molecule has 0 aromatic rings. The molecule has 0 aliphatic carbocycles. The lowest BCUT2D eigenvalue weighted by atomic mass is 9.95. The molecule has 0 amide bonds. The summed E-state index contributed by atoms with van der Waals surface area (Å²) in [6.07, 6.45) is -6.97. The molecule has 0 aliphatic heterocycles. The summed E-state index contributed by atoms with van der Waals surface area (Å²) in [4.78, 5) is 71.6. The van der Waals surface area contributed by atoms with Crippen LogP contribution in [0.25, 0.3) is 0 Å². The van der Waals surface area contributed by atoms with Crippen molar-refractivity contribution < 1.29 is 77.6 Å². The highest BCUT2D eigenvalue weighted by Crippen LogP contribution is 2.20. The van der Waals surface area contributed by atoms with Gasteiger partial charge in [0.2, 0.25) is 0 Å². The summed E-state index contributed by atoms with van der Waals surface area (Å²) in [5.74, 6) is -6.65. The standard InChI is InChI=1S/C27H38O16/c1-15(2)23(33)40-11-18(28)9-38-21(31)7-27(37,26(36)43-14-20(30)13-42-25(35)17(5)6)8-22(32)39-10-19(29)12-41-24(34)16(3)4/h18-20,28-30,37H,1,3,5,7-14H2,2,4,6H3. The summed E-state index contributed by atoms with van der Waals surface area (Å²) >= 11 is 0. The van der Waals surface area contributed by atoms with E-state index in [1.54, 1.807) is 0 Å². The van der Waals surface area contributed by atoms with Crippen LogP contribution in [0.5, 0.6) is 0 Å². The minimum atomic E-state index is -2.93. The number of hydrogen-bond donors (Lipinski definition) is 4. The molecule has 0 radical (unpaired) electrons. The third kappa shape index (κ3) is 16.8. The van der Waals surface area contributed by atoms with Crippen LogP contribution in [0.4, 0.5) is 0 Å². The molecule has 16 nitrogen and oxygen atoms in total. The fourth-order valence-corrected chi connectivity index (χ4v) is 2.50. The van der Waals surface area contributed by atoms with Gasteiger partial charge in [0.05, 0.1) is 12.8 Å². The predicted molar refractivity (Wildman–Crippen MR) is 142 cm³/mol. The molecule has 16 heteroatoms. The molecule has 0 rings (SSSR count). The van der Waals surface area contributed by atoms with Crippen LogP contribution in [0, 0.1) is 0 Å². The average molecular weight is 619 g/mol. The summed E-state index contributed by atoms with van der Waals surface area (Å²) in [6.45, 7) is 10.1. The fraction of sp³-hybridized carbons (Fsp3) is 0.556. The molecule has 0 heterocycles. The Kier molecular flexibility index (Phi) is 17.3. The van der Waals surface area contributed by atoms with E-state index in [9.17, 15) is 49.2 Å². The third-order valence-electron chi connectivity index (χ3n) is 4.80. The Morgan fingerprint density at radius 3 is 1.07 bits per heavy atom. The molecule has 0 aromatic carbocycles. The molecule has 242 valence electrons. The molecular weight excluding hydrogens is 580 g/mol. The first-order chi connectivity index (χ1) is 19.9. The number of esters is 6. The van der Waals surface area contributed by atoms with Gasteiger partial charge in [-0.2, -0.15) is 0 Å². The maximum atomic E-state index is 12.7. The number of ether oxygens (including phenoxy) is 6. The van der Waals surface area contributed by atoms with Crippen molar-refractivity contribution >= 4 is 35.8 Å². The van der Waals surface area contributed by atoms with Crippen molar-refractivity contribution in [1.82, 2.24) is 0 Å². The summed E-state index contributed by atoms with van der Waals surface area (Å²) in [6, 6.07) is 0. The Morgan fingerprint density at radius 1 is 0.535 bits per heavy atom. The first kappa shape index (κ1) is 38.9. The van der Waals surface area contributed by atoms with Crippen LogP contribution in [0.1, 0.15) is 33.6 Å². The predicted octanol–water partition coefficient (Wildman–Crippen LogP) is -1.43. The van der Waals surface area contributed by atoms with Gasteiger partial charge in [-0.15, -0.1) is 0 Å². The Balaban J connectivity index is 5.29. The fourth-order valence-electron chi connectivity index (χ4n) is 2.50. The number of hydrogen-bond acceptors (Lipinski definition) is 16. The normalized spacial score (nSPS) is 14.0. The zero-order valence-electron chi connectivity index (χ0n) is 24.2. The summed E-state index contributed by atoms with van der Waals surface area (Å²) in [5.41, 5.74) is -2.79. The molecular formula is C27H38O16. The van der Waals surface area contributed by atoms with Gasteiger partial charge in [-0.1, -0.05) is 19.7 Å². The van der Waals surface area contributed by atoms with Crippen molar-refractivity contribution in [2.24, 2.45) is 0 Å². The van der Waals surface area contributed by atoms with Crippen molar-refractivity contribution in [3.8, 4) is 0 Å². The van der Waals surface area contributed by atoms with Gasteiger partial charge in [-0.3, -0.25) is 9.59 Å². The molecule has 0 fully saturated rings. The molecule has 4 N–H and O–H groups in total. The molecule has 0 aliphatic rings.